The average Bonchev–Trinajstić information content (AvgIpc) is 3.30. The highest BCUT2D eigenvalue weighted by atomic mass is 16.3. The SMILES string of the molecule is OC1(CN2C[C@@H]3C[C@H]2CN3Cc2ccccc2)CC(c2nn[nH]n2)C1. The lowest BCUT2D eigenvalue weighted by Crippen LogP contribution is -2.56. The van der Waals surface area contributed by atoms with Crippen LogP contribution in [0.25, 0.3) is 0 Å². The van der Waals surface area contributed by atoms with E-state index in [1.165, 1.54) is 12.0 Å². The van der Waals surface area contributed by atoms with Gasteiger partial charge in [-0.2, -0.15) is 5.21 Å². The molecule has 1 aromatic carbocycles. The van der Waals surface area contributed by atoms with Crippen LogP contribution in [0.1, 0.15) is 36.6 Å². The largest absolute Gasteiger partial charge is 0.389 e. The molecule has 2 N–H and O–H groups in total. The fourth-order valence-corrected chi connectivity index (χ4v) is 4.93. The summed E-state index contributed by atoms with van der Waals surface area (Å²) in [5.41, 5.74) is 0.808. The number of nitrogens with one attached hydrogen (secondary N) is 1. The molecule has 2 atom stereocenters. The molecule has 3 aliphatic rings. The van der Waals surface area contributed by atoms with Gasteiger partial charge in [-0.15, -0.1) is 10.2 Å². The molecule has 0 spiro atoms. The van der Waals surface area contributed by atoms with Crippen LogP contribution in [0, 0.1) is 0 Å². The van der Waals surface area contributed by atoms with E-state index in [4.69, 9.17) is 0 Å². The molecule has 1 aliphatic carbocycles. The Morgan fingerprint density at radius 1 is 1.12 bits per heavy atom. The van der Waals surface area contributed by atoms with Gasteiger partial charge >= 0.3 is 0 Å². The van der Waals surface area contributed by atoms with E-state index < -0.39 is 5.60 Å². The third-order valence-electron chi connectivity index (χ3n) is 6.17. The Hall–Kier alpha value is -1.83. The van der Waals surface area contributed by atoms with Crippen LogP contribution in [0.4, 0.5) is 0 Å². The number of H-pyrrole nitrogens is 1. The molecule has 1 aromatic heterocycles. The third-order valence-corrected chi connectivity index (χ3v) is 6.17. The van der Waals surface area contributed by atoms with Crippen molar-refractivity contribution >= 4 is 0 Å². The highest BCUT2D eigenvalue weighted by Gasteiger charge is 2.50. The van der Waals surface area contributed by atoms with Gasteiger partial charge in [-0.1, -0.05) is 35.5 Å². The molecule has 7 nitrogen and oxygen atoms in total. The van der Waals surface area contributed by atoms with E-state index in [9.17, 15) is 5.11 Å². The highest BCUT2D eigenvalue weighted by molar-refractivity contribution is 5.16. The number of β-amino-alcohol motifs (C(OH)–C–C–N with tert-alkyl or cyclic N) is 1. The van der Waals surface area contributed by atoms with E-state index in [0.717, 1.165) is 44.8 Å². The van der Waals surface area contributed by atoms with Gasteiger partial charge in [0.2, 0.25) is 0 Å². The molecular weight excluding hydrogens is 316 g/mol. The number of tetrazole rings is 1. The maximum Gasteiger partial charge on any atom is 0.177 e. The quantitative estimate of drug-likeness (QED) is 0.837. The topological polar surface area (TPSA) is 81.2 Å². The molecule has 0 unspecified atom stereocenters. The van der Waals surface area contributed by atoms with Crippen molar-refractivity contribution in [2.24, 2.45) is 0 Å². The number of fused-ring (bicyclic) bond motifs is 2. The van der Waals surface area contributed by atoms with Gasteiger partial charge in [0.25, 0.3) is 0 Å². The lowest BCUT2D eigenvalue weighted by atomic mass is 9.70. The Balaban J connectivity index is 1.15. The molecule has 1 saturated carbocycles. The number of rotatable bonds is 5. The van der Waals surface area contributed by atoms with Gasteiger partial charge < -0.3 is 5.11 Å². The number of hydrogen-bond donors (Lipinski definition) is 2. The van der Waals surface area contributed by atoms with Crippen LogP contribution in [0.3, 0.4) is 0 Å². The minimum atomic E-state index is -0.583. The second kappa shape index (κ2) is 5.86. The maximum atomic E-state index is 10.8. The molecule has 2 aliphatic heterocycles. The molecule has 7 heteroatoms. The lowest BCUT2D eigenvalue weighted by molar-refractivity contribution is -0.0814. The average molecular weight is 340 g/mol. The molecule has 2 bridgehead atoms. The first-order valence-electron chi connectivity index (χ1n) is 9.16. The summed E-state index contributed by atoms with van der Waals surface area (Å²) in [7, 11) is 0. The zero-order valence-electron chi connectivity index (χ0n) is 14.3. The van der Waals surface area contributed by atoms with Crippen LogP contribution in [0.5, 0.6) is 0 Å². The number of likely N-dealkylation sites (tertiary alicyclic amines) is 2. The number of hydrogen-bond acceptors (Lipinski definition) is 6. The van der Waals surface area contributed by atoms with Crippen LogP contribution >= 0.6 is 0 Å². The van der Waals surface area contributed by atoms with Crippen LogP contribution < -0.4 is 0 Å². The Morgan fingerprint density at radius 2 is 1.88 bits per heavy atom. The summed E-state index contributed by atoms with van der Waals surface area (Å²) in [4.78, 5) is 5.10. The summed E-state index contributed by atoms with van der Waals surface area (Å²) < 4.78 is 0. The first kappa shape index (κ1) is 15.4. The number of benzene rings is 1. The second-order valence-corrected chi connectivity index (χ2v) is 7.99. The van der Waals surface area contributed by atoms with Gasteiger partial charge in [-0.25, -0.2) is 0 Å². The molecule has 2 aromatic rings. The minimum absolute atomic E-state index is 0.248. The molecule has 0 amide bonds. The zero-order valence-corrected chi connectivity index (χ0v) is 14.3. The van der Waals surface area contributed by atoms with Gasteiger partial charge in [0.05, 0.1) is 5.60 Å². The van der Waals surface area contributed by atoms with Crippen molar-refractivity contribution in [2.45, 2.75) is 49.4 Å². The summed E-state index contributed by atoms with van der Waals surface area (Å²) in [5.74, 6) is 0.986. The fraction of sp³-hybridized carbons (Fsp3) is 0.611. The van der Waals surface area contributed by atoms with Gasteiger partial charge in [-0.05, 0) is 24.8 Å². The van der Waals surface area contributed by atoms with Gasteiger partial charge in [0, 0.05) is 44.2 Å². The molecule has 132 valence electrons. The predicted octanol–water partition coefficient (Wildman–Crippen LogP) is 0.767. The molecular formula is C18H24N6O. The van der Waals surface area contributed by atoms with Gasteiger partial charge in [-0.3, -0.25) is 9.80 Å². The summed E-state index contributed by atoms with van der Waals surface area (Å²) in [6.07, 6.45) is 2.72. The number of aromatic nitrogens is 4. The van der Waals surface area contributed by atoms with Crippen molar-refractivity contribution in [1.82, 2.24) is 30.4 Å². The van der Waals surface area contributed by atoms with E-state index >= 15 is 0 Å². The smallest absolute Gasteiger partial charge is 0.177 e. The van der Waals surface area contributed by atoms with Gasteiger partial charge in [0.1, 0.15) is 0 Å². The Kier molecular flexibility index (Phi) is 3.62. The van der Waals surface area contributed by atoms with Crippen LogP contribution in [0.2, 0.25) is 0 Å². The molecule has 3 fully saturated rings. The molecule has 0 radical (unpaired) electrons. The molecule has 2 saturated heterocycles. The zero-order chi connectivity index (χ0) is 16.9. The molecule has 5 rings (SSSR count). The Morgan fingerprint density at radius 3 is 2.56 bits per heavy atom. The van der Waals surface area contributed by atoms with Crippen molar-refractivity contribution in [1.29, 1.82) is 0 Å². The van der Waals surface area contributed by atoms with Crippen LogP contribution in [0.15, 0.2) is 30.3 Å². The van der Waals surface area contributed by atoms with Crippen molar-refractivity contribution in [3.8, 4) is 0 Å². The number of piperazine rings is 1. The van der Waals surface area contributed by atoms with Crippen molar-refractivity contribution in [3.05, 3.63) is 41.7 Å². The molecule has 3 heterocycles. The lowest BCUT2D eigenvalue weighted by Gasteiger charge is -2.46. The second-order valence-electron chi connectivity index (χ2n) is 7.99. The van der Waals surface area contributed by atoms with E-state index in [0.29, 0.717) is 12.1 Å². The normalized spacial score (nSPS) is 35.2. The Bertz CT molecular complexity index is 714. The van der Waals surface area contributed by atoms with Crippen molar-refractivity contribution in [3.63, 3.8) is 0 Å². The summed E-state index contributed by atoms with van der Waals surface area (Å²) in [6, 6.07) is 11.9. The van der Waals surface area contributed by atoms with Crippen LogP contribution in [-0.4, -0.2) is 72.8 Å². The highest BCUT2D eigenvalue weighted by Crippen LogP contribution is 2.45. The monoisotopic (exact) mass is 340 g/mol. The van der Waals surface area contributed by atoms with E-state index in [-0.39, 0.29) is 5.92 Å². The first-order chi connectivity index (χ1) is 12.2. The number of nitrogens with zero attached hydrogens (tertiary/aromatic N) is 5. The van der Waals surface area contributed by atoms with Crippen LogP contribution in [-0.2, 0) is 6.54 Å². The fourth-order valence-electron chi connectivity index (χ4n) is 4.93. The summed E-state index contributed by atoms with van der Waals surface area (Å²) >= 11 is 0. The van der Waals surface area contributed by atoms with E-state index in [2.05, 4.69) is 60.8 Å². The van der Waals surface area contributed by atoms with Crippen molar-refractivity contribution in [2.75, 3.05) is 19.6 Å². The number of aromatic amines is 1. The maximum absolute atomic E-state index is 10.8. The van der Waals surface area contributed by atoms with Gasteiger partial charge in [0.15, 0.2) is 5.82 Å². The number of aliphatic hydroxyl groups is 1. The third kappa shape index (κ3) is 2.86. The predicted molar refractivity (Wildman–Crippen MR) is 91.7 cm³/mol. The first-order valence-corrected chi connectivity index (χ1v) is 9.16. The Labute approximate surface area is 147 Å². The minimum Gasteiger partial charge on any atom is -0.389 e. The summed E-state index contributed by atoms with van der Waals surface area (Å²) in [5, 5.41) is 25.0. The molecule has 25 heavy (non-hydrogen) atoms. The van der Waals surface area contributed by atoms with E-state index in [1.807, 2.05) is 0 Å². The summed E-state index contributed by atoms with van der Waals surface area (Å²) in [6.45, 7) is 4.01. The standard InChI is InChI=1S/C18H24N6O/c25-18(7-14(8-18)17-19-21-22-20-17)12-24-11-15-6-16(24)10-23(15)9-13-4-2-1-3-5-13/h1-5,14-16,25H,6-12H2,(H,19,20,21,22)/t14?,15-,16-,18?/m0/s1. The van der Waals surface area contributed by atoms with Crippen molar-refractivity contribution < 1.29 is 5.11 Å². The van der Waals surface area contributed by atoms with E-state index in [1.54, 1.807) is 0 Å².